The summed E-state index contributed by atoms with van der Waals surface area (Å²) in [5.41, 5.74) is 1.04. The Kier molecular flexibility index (Phi) is 5.00. The second-order valence-corrected chi connectivity index (χ2v) is 7.59. The van der Waals surface area contributed by atoms with E-state index in [1.165, 1.54) is 5.38 Å². The zero-order chi connectivity index (χ0) is 18.9. The molecule has 0 saturated carbocycles. The van der Waals surface area contributed by atoms with Gasteiger partial charge in [-0.05, 0) is 42.3 Å². The van der Waals surface area contributed by atoms with Gasteiger partial charge in [0.25, 0.3) is 0 Å². The molecule has 144 valence electrons. The molecule has 27 heavy (non-hydrogen) atoms. The summed E-state index contributed by atoms with van der Waals surface area (Å²) in [6, 6.07) is 1.55. The maximum atomic E-state index is 13.0. The van der Waals surface area contributed by atoms with Gasteiger partial charge < -0.3 is 10.2 Å². The van der Waals surface area contributed by atoms with Gasteiger partial charge in [0.15, 0.2) is 5.82 Å². The highest BCUT2D eigenvalue weighted by molar-refractivity contribution is 7.10. The van der Waals surface area contributed by atoms with Crippen LogP contribution >= 0.6 is 11.3 Å². The molecule has 0 radical (unpaired) electrons. The first kappa shape index (κ1) is 18.2. The molecule has 0 aliphatic carbocycles. The van der Waals surface area contributed by atoms with Crippen molar-refractivity contribution in [2.45, 2.75) is 25.6 Å². The molecular formula is C17H19F3N6S. The monoisotopic (exact) mass is 396 g/mol. The van der Waals surface area contributed by atoms with Crippen LogP contribution in [0.1, 0.15) is 23.3 Å². The van der Waals surface area contributed by atoms with E-state index in [4.69, 9.17) is 0 Å². The molecule has 3 aromatic rings. The zero-order valence-electron chi connectivity index (χ0n) is 14.5. The summed E-state index contributed by atoms with van der Waals surface area (Å²) in [6.07, 6.45) is 2.94. The van der Waals surface area contributed by atoms with Crippen LogP contribution in [0.2, 0.25) is 0 Å². The molecule has 0 amide bonds. The third-order valence-corrected chi connectivity index (χ3v) is 5.77. The molecule has 1 saturated heterocycles. The molecule has 3 aromatic heterocycles. The van der Waals surface area contributed by atoms with Crippen LogP contribution in [0.3, 0.4) is 0 Å². The van der Waals surface area contributed by atoms with Crippen molar-refractivity contribution < 1.29 is 13.2 Å². The Bertz CT molecular complexity index is 905. The number of nitrogens with one attached hydrogen (secondary N) is 1. The zero-order valence-corrected chi connectivity index (χ0v) is 15.3. The number of thiophene rings is 1. The summed E-state index contributed by atoms with van der Waals surface area (Å²) < 4.78 is 40.7. The van der Waals surface area contributed by atoms with E-state index < -0.39 is 11.1 Å². The van der Waals surface area contributed by atoms with Crippen molar-refractivity contribution in [3.8, 4) is 0 Å². The van der Waals surface area contributed by atoms with E-state index >= 15 is 0 Å². The molecular weight excluding hydrogens is 377 g/mol. The molecule has 6 nitrogen and oxygen atoms in total. The maximum absolute atomic E-state index is 13.0. The molecule has 4 heterocycles. The van der Waals surface area contributed by atoms with Gasteiger partial charge in [0, 0.05) is 32.0 Å². The third-order valence-electron chi connectivity index (χ3n) is 4.77. The molecule has 1 unspecified atom stereocenters. The van der Waals surface area contributed by atoms with Crippen molar-refractivity contribution in [1.82, 2.24) is 24.9 Å². The van der Waals surface area contributed by atoms with Gasteiger partial charge in [0.05, 0.1) is 0 Å². The fraction of sp³-hybridized carbons (Fsp3) is 0.471. The van der Waals surface area contributed by atoms with Crippen LogP contribution in [0, 0.1) is 5.92 Å². The molecule has 0 spiro atoms. The third kappa shape index (κ3) is 3.91. The number of nitrogens with zero attached hydrogens (tertiary/aromatic N) is 5. The van der Waals surface area contributed by atoms with Gasteiger partial charge in [0.1, 0.15) is 11.2 Å². The number of hydrogen-bond acceptors (Lipinski definition) is 6. The Balaban J connectivity index is 1.37. The van der Waals surface area contributed by atoms with Crippen LogP contribution in [0.4, 0.5) is 19.0 Å². The summed E-state index contributed by atoms with van der Waals surface area (Å²) in [6.45, 7) is 2.58. The average molecular weight is 396 g/mol. The minimum atomic E-state index is -4.28. The molecule has 1 aliphatic heterocycles. The summed E-state index contributed by atoms with van der Waals surface area (Å²) in [7, 11) is 0. The molecule has 1 N–H and O–H groups in total. The highest BCUT2D eigenvalue weighted by atomic mass is 32.1. The summed E-state index contributed by atoms with van der Waals surface area (Å²) in [4.78, 5) is 6.13. The Morgan fingerprint density at radius 3 is 3.07 bits per heavy atom. The number of halogens is 3. The fourth-order valence-corrected chi connectivity index (χ4v) is 4.32. The number of rotatable bonds is 5. The predicted molar refractivity (Wildman–Crippen MR) is 96.7 cm³/mol. The first-order chi connectivity index (χ1) is 13.0. The van der Waals surface area contributed by atoms with Gasteiger partial charge in [-0.2, -0.15) is 13.2 Å². The van der Waals surface area contributed by atoms with Crippen molar-refractivity contribution in [3.63, 3.8) is 0 Å². The van der Waals surface area contributed by atoms with Gasteiger partial charge in [-0.25, -0.2) is 4.98 Å². The van der Waals surface area contributed by atoms with E-state index in [1.54, 1.807) is 24.8 Å². The van der Waals surface area contributed by atoms with Gasteiger partial charge in [-0.1, -0.05) is 0 Å². The molecule has 0 bridgehead atoms. The topological polar surface area (TPSA) is 58.4 Å². The molecule has 4 rings (SSSR count). The summed E-state index contributed by atoms with van der Waals surface area (Å²) >= 11 is 0.745. The number of piperidine rings is 1. The van der Waals surface area contributed by atoms with E-state index in [9.17, 15) is 13.2 Å². The van der Waals surface area contributed by atoms with E-state index in [1.807, 2.05) is 4.40 Å². The normalized spacial score (nSPS) is 18.3. The van der Waals surface area contributed by atoms with E-state index in [2.05, 4.69) is 25.4 Å². The van der Waals surface area contributed by atoms with Crippen LogP contribution in [0.15, 0.2) is 30.2 Å². The molecule has 1 fully saturated rings. The number of fused-ring (bicyclic) bond motifs is 1. The van der Waals surface area contributed by atoms with Crippen molar-refractivity contribution in [2.75, 3.05) is 24.5 Å². The van der Waals surface area contributed by atoms with Crippen molar-refractivity contribution in [2.24, 2.45) is 5.92 Å². The molecule has 1 atom stereocenters. The Hall–Kier alpha value is -2.20. The minimum absolute atomic E-state index is 0.229. The van der Waals surface area contributed by atoms with Crippen LogP contribution < -0.4 is 10.2 Å². The number of alkyl halides is 3. The van der Waals surface area contributed by atoms with E-state index in [0.29, 0.717) is 18.0 Å². The van der Waals surface area contributed by atoms with E-state index in [-0.39, 0.29) is 6.54 Å². The lowest BCUT2D eigenvalue weighted by Gasteiger charge is -2.33. The summed E-state index contributed by atoms with van der Waals surface area (Å²) in [5, 5.41) is 12.8. The fourth-order valence-electron chi connectivity index (χ4n) is 3.53. The SMILES string of the molecule is FC(F)(F)c1sccc1CNCC1CCCN(c2nccn3cnnc23)C1. The Morgan fingerprint density at radius 2 is 2.22 bits per heavy atom. The molecule has 1 aliphatic rings. The highest BCUT2D eigenvalue weighted by Gasteiger charge is 2.34. The van der Waals surface area contributed by atoms with Crippen LogP contribution in [-0.2, 0) is 12.7 Å². The van der Waals surface area contributed by atoms with Crippen LogP contribution in [-0.4, -0.2) is 39.2 Å². The van der Waals surface area contributed by atoms with Crippen LogP contribution in [0.5, 0.6) is 0 Å². The first-order valence-electron chi connectivity index (χ1n) is 8.76. The van der Waals surface area contributed by atoms with Crippen molar-refractivity contribution >= 4 is 22.8 Å². The quantitative estimate of drug-likeness (QED) is 0.718. The van der Waals surface area contributed by atoms with Gasteiger partial charge in [0.2, 0.25) is 5.65 Å². The van der Waals surface area contributed by atoms with Crippen molar-refractivity contribution in [3.05, 3.63) is 40.6 Å². The molecule has 0 aromatic carbocycles. The second kappa shape index (κ2) is 7.43. The second-order valence-electron chi connectivity index (χ2n) is 6.67. The lowest BCUT2D eigenvalue weighted by atomic mass is 9.98. The highest BCUT2D eigenvalue weighted by Crippen LogP contribution is 2.36. The Labute approximate surface area is 158 Å². The van der Waals surface area contributed by atoms with E-state index in [0.717, 1.165) is 48.7 Å². The largest absolute Gasteiger partial charge is 0.425 e. The van der Waals surface area contributed by atoms with Gasteiger partial charge in [-0.3, -0.25) is 4.40 Å². The Morgan fingerprint density at radius 1 is 1.33 bits per heavy atom. The average Bonchev–Trinajstić information content (AvgIpc) is 3.30. The maximum Gasteiger partial charge on any atom is 0.425 e. The van der Waals surface area contributed by atoms with Crippen LogP contribution in [0.25, 0.3) is 5.65 Å². The number of aromatic nitrogens is 4. The predicted octanol–water partition coefficient (Wildman–Crippen LogP) is 3.21. The lowest BCUT2D eigenvalue weighted by Crippen LogP contribution is -2.40. The standard InChI is InChI=1S/C17H19F3N6S/c18-17(19,20)14-13(3-7-27-14)9-21-8-12-2-1-5-25(10-12)15-16-24-23-11-26(16)6-4-22-15/h3-4,6-7,11-12,21H,1-2,5,8-10H2. The van der Waals surface area contributed by atoms with Crippen molar-refractivity contribution in [1.29, 1.82) is 0 Å². The van der Waals surface area contributed by atoms with Gasteiger partial charge >= 0.3 is 6.18 Å². The summed E-state index contributed by atoms with van der Waals surface area (Å²) in [5.74, 6) is 1.15. The number of hydrogen-bond donors (Lipinski definition) is 1. The van der Waals surface area contributed by atoms with Gasteiger partial charge in [-0.15, -0.1) is 21.5 Å². The molecule has 10 heteroatoms. The minimum Gasteiger partial charge on any atom is -0.353 e. The number of anilines is 1. The smallest absolute Gasteiger partial charge is 0.353 e. The lowest BCUT2D eigenvalue weighted by molar-refractivity contribution is -0.134. The first-order valence-corrected chi connectivity index (χ1v) is 9.64.